The van der Waals surface area contributed by atoms with Crippen molar-refractivity contribution in [2.24, 2.45) is 0 Å². The summed E-state index contributed by atoms with van der Waals surface area (Å²) in [5.41, 5.74) is 0.528. The van der Waals surface area contributed by atoms with Gasteiger partial charge in [-0.25, -0.2) is 0 Å². The van der Waals surface area contributed by atoms with E-state index in [1.165, 1.54) is 25.6 Å². The molecule has 0 bridgehead atoms. The van der Waals surface area contributed by atoms with Crippen LogP contribution in [0.15, 0.2) is 12.2 Å². The molecule has 0 saturated carbocycles. The normalized spacial score (nSPS) is 14.5. The van der Waals surface area contributed by atoms with Crippen molar-refractivity contribution in [1.82, 2.24) is 10.6 Å². The van der Waals surface area contributed by atoms with Crippen molar-refractivity contribution in [3.63, 3.8) is 0 Å². The molecule has 0 heterocycles. The van der Waals surface area contributed by atoms with E-state index in [9.17, 15) is 14.4 Å². The van der Waals surface area contributed by atoms with Crippen LogP contribution in [0.5, 0.6) is 0 Å². The van der Waals surface area contributed by atoms with Gasteiger partial charge in [0.05, 0.1) is 0 Å². The van der Waals surface area contributed by atoms with Gasteiger partial charge >= 0.3 is 0 Å². The fourth-order valence-electron chi connectivity index (χ4n) is 2.46. The van der Waals surface area contributed by atoms with Crippen molar-refractivity contribution < 1.29 is 14.4 Å². The molecule has 132 valence electrons. The van der Waals surface area contributed by atoms with E-state index in [0.29, 0.717) is 18.4 Å². The Hall–Kier alpha value is -1.30. The van der Waals surface area contributed by atoms with Gasteiger partial charge in [0.15, 0.2) is 0 Å². The van der Waals surface area contributed by atoms with Gasteiger partial charge in [-0.2, -0.15) is 0 Å². The maximum Gasteiger partial charge on any atom is 0.217 e. The average molecular weight is 343 g/mol. The van der Waals surface area contributed by atoms with Gasteiger partial charge in [0.25, 0.3) is 0 Å². The predicted molar refractivity (Wildman–Crippen MR) is 96.2 cm³/mol. The SMILES string of the molecule is C=C(C)C(=O)SC(C)CC(CC(CCC)NC(C)=O)NC(C)=O. The molecule has 0 aromatic carbocycles. The van der Waals surface area contributed by atoms with E-state index in [4.69, 9.17) is 0 Å². The molecule has 0 aromatic rings. The van der Waals surface area contributed by atoms with Crippen LogP contribution in [0.4, 0.5) is 0 Å². The molecule has 0 fully saturated rings. The number of thioether (sulfide) groups is 1. The first kappa shape index (κ1) is 21.7. The van der Waals surface area contributed by atoms with Crippen molar-refractivity contribution in [3.8, 4) is 0 Å². The first-order chi connectivity index (χ1) is 10.6. The lowest BCUT2D eigenvalue weighted by Crippen LogP contribution is -2.43. The summed E-state index contributed by atoms with van der Waals surface area (Å²) in [6.45, 7) is 12.4. The van der Waals surface area contributed by atoms with Crippen molar-refractivity contribution >= 4 is 28.7 Å². The Morgan fingerprint density at radius 3 is 1.96 bits per heavy atom. The van der Waals surface area contributed by atoms with Crippen LogP contribution >= 0.6 is 11.8 Å². The number of rotatable bonds is 10. The van der Waals surface area contributed by atoms with Crippen LogP contribution in [-0.4, -0.2) is 34.3 Å². The minimum atomic E-state index is -0.100. The van der Waals surface area contributed by atoms with Gasteiger partial charge in [-0.3, -0.25) is 14.4 Å². The molecule has 2 N–H and O–H groups in total. The van der Waals surface area contributed by atoms with E-state index < -0.39 is 0 Å². The lowest BCUT2D eigenvalue weighted by atomic mass is 9.99. The number of amides is 2. The monoisotopic (exact) mass is 342 g/mol. The van der Waals surface area contributed by atoms with Crippen molar-refractivity contribution in [2.75, 3.05) is 0 Å². The predicted octanol–water partition coefficient (Wildman–Crippen LogP) is 2.80. The van der Waals surface area contributed by atoms with E-state index in [1.54, 1.807) is 6.92 Å². The Balaban J connectivity index is 4.77. The molecular weight excluding hydrogens is 312 g/mol. The maximum atomic E-state index is 11.7. The summed E-state index contributed by atoms with van der Waals surface area (Å²) >= 11 is 1.24. The summed E-state index contributed by atoms with van der Waals surface area (Å²) in [7, 11) is 0. The molecule has 0 aliphatic rings. The zero-order chi connectivity index (χ0) is 18.0. The molecule has 2 amide bonds. The maximum absolute atomic E-state index is 11.7. The second kappa shape index (κ2) is 11.3. The molecule has 5 nitrogen and oxygen atoms in total. The molecule has 3 atom stereocenters. The van der Waals surface area contributed by atoms with Crippen molar-refractivity contribution in [3.05, 3.63) is 12.2 Å². The summed E-state index contributed by atoms with van der Waals surface area (Å²) in [4.78, 5) is 34.5. The first-order valence-electron chi connectivity index (χ1n) is 8.06. The fourth-order valence-corrected chi connectivity index (χ4v) is 3.36. The quantitative estimate of drug-likeness (QED) is 0.599. The molecule has 0 rings (SSSR count). The molecule has 0 radical (unpaired) electrons. The summed E-state index contributed by atoms with van der Waals surface area (Å²) in [5.74, 6) is -0.165. The van der Waals surface area contributed by atoms with Gasteiger partial charge in [0.1, 0.15) is 0 Å². The second-order valence-corrected chi connectivity index (χ2v) is 7.46. The van der Waals surface area contributed by atoms with Crippen LogP contribution in [0, 0.1) is 0 Å². The highest BCUT2D eigenvalue weighted by atomic mass is 32.2. The van der Waals surface area contributed by atoms with Gasteiger partial charge in [0.2, 0.25) is 16.9 Å². The summed E-state index contributed by atoms with van der Waals surface area (Å²) < 4.78 is 0. The lowest BCUT2D eigenvalue weighted by Gasteiger charge is -2.26. The van der Waals surface area contributed by atoms with Crippen LogP contribution < -0.4 is 10.6 Å². The fraction of sp³-hybridized carbons (Fsp3) is 0.706. The molecule has 3 unspecified atom stereocenters. The first-order valence-corrected chi connectivity index (χ1v) is 8.94. The Kier molecular flexibility index (Phi) is 10.6. The third-order valence-electron chi connectivity index (χ3n) is 3.29. The van der Waals surface area contributed by atoms with Crippen LogP contribution in [0.3, 0.4) is 0 Å². The number of carbonyl (C=O) groups excluding carboxylic acids is 3. The zero-order valence-corrected chi connectivity index (χ0v) is 15.7. The second-order valence-electron chi connectivity index (χ2n) is 6.05. The van der Waals surface area contributed by atoms with Gasteiger partial charge in [-0.1, -0.05) is 38.6 Å². The molecular formula is C17H30N2O3S. The Morgan fingerprint density at radius 2 is 1.52 bits per heavy atom. The smallest absolute Gasteiger partial charge is 0.217 e. The molecule has 0 saturated heterocycles. The van der Waals surface area contributed by atoms with Crippen LogP contribution in [0.1, 0.15) is 60.3 Å². The van der Waals surface area contributed by atoms with Crippen LogP contribution in [0.25, 0.3) is 0 Å². The largest absolute Gasteiger partial charge is 0.354 e. The highest BCUT2D eigenvalue weighted by molar-refractivity contribution is 8.14. The van der Waals surface area contributed by atoms with Crippen molar-refractivity contribution in [1.29, 1.82) is 0 Å². The van der Waals surface area contributed by atoms with Crippen LogP contribution in [-0.2, 0) is 14.4 Å². The summed E-state index contributed by atoms with van der Waals surface area (Å²) in [6, 6.07) is -0.0419. The van der Waals surface area contributed by atoms with E-state index in [0.717, 1.165) is 12.8 Å². The molecule has 0 aliphatic carbocycles. The van der Waals surface area contributed by atoms with E-state index in [1.807, 2.05) is 6.92 Å². The number of hydrogen-bond acceptors (Lipinski definition) is 4. The van der Waals surface area contributed by atoms with Gasteiger partial charge < -0.3 is 10.6 Å². The average Bonchev–Trinajstić information content (AvgIpc) is 2.36. The highest BCUT2D eigenvalue weighted by Gasteiger charge is 2.21. The number of hydrogen-bond donors (Lipinski definition) is 2. The Morgan fingerprint density at radius 1 is 1.00 bits per heavy atom. The zero-order valence-electron chi connectivity index (χ0n) is 14.9. The van der Waals surface area contributed by atoms with Gasteiger partial charge in [0, 0.05) is 31.2 Å². The number of carbonyl (C=O) groups is 3. The van der Waals surface area contributed by atoms with Crippen molar-refractivity contribution in [2.45, 2.75) is 77.6 Å². The standard InChI is InChI=1S/C17H30N2O3S/c1-7-8-15(18-13(5)20)10-16(19-14(6)21)9-12(4)23-17(22)11(2)3/h12,15-16H,2,7-10H2,1,3-6H3,(H,18,20)(H,19,21). The molecule has 0 aliphatic heterocycles. The lowest BCUT2D eigenvalue weighted by molar-refractivity contribution is -0.119. The number of nitrogens with one attached hydrogen (secondary N) is 2. The molecule has 23 heavy (non-hydrogen) atoms. The minimum Gasteiger partial charge on any atom is -0.354 e. The highest BCUT2D eigenvalue weighted by Crippen LogP contribution is 2.22. The van der Waals surface area contributed by atoms with E-state index in [2.05, 4.69) is 24.1 Å². The van der Waals surface area contributed by atoms with E-state index in [-0.39, 0.29) is 34.3 Å². The minimum absolute atomic E-state index is 0.0222. The Labute approximate surface area is 144 Å². The summed E-state index contributed by atoms with van der Waals surface area (Å²) in [6.07, 6.45) is 3.15. The van der Waals surface area contributed by atoms with Crippen LogP contribution in [0.2, 0.25) is 0 Å². The topological polar surface area (TPSA) is 75.3 Å². The van der Waals surface area contributed by atoms with Gasteiger partial charge in [-0.15, -0.1) is 0 Å². The summed E-state index contributed by atoms with van der Waals surface area (Å²) in [5, 5.41) is 5.92. The molecule has 0 spiro atoms. The van der Waals surface area contributed by atoms with Gasteiger partial charge in [-0.05, 0) is 31.8 Å². The Bertz CT molecular complexity index is 438. The van der Waals surface area contributed by atoms with E-state index >= 15 is 0 Å². The molecule has 0 aromatic heterocycles. The third-order valence-corrected chi connectivity index (χ3v) is 4.45. The third kappa shape index (κ3) is 11.0. The molecule has 6 heteroatoms.